The third-order valence-electron chi connectivity index (χ3n) is 5.93. The Labute approximate surface area is 172 Å². The normalized spacial score (nSPS) is 17.2. The van der Waals surface area contributed by atoms with Crippen LogP contribution in [0.1, 0.15) is 49.7 Å². The molecular weight excluding hydrogens is 367 g/mol. The van der Waals surface area contributed by atoms with Crippen molar-refractivity contribution in [2.24, 2.45) is 5.92 Å². The molecule has 2 aliphatic rings. The smallest absolute Gasteiger partial charge is 0.217 e. The van der Waals surface area contributed by atoms with E-state index in [0.717, 1.165) is 31.5 Å². The molecule has 2 aromatic carbocycles. The number of nitrogens with zero attached hydrogens (tertiary/aromatic N) is 1. The molecule has 0 aromatic heterocycles. The van der Waals surface area contributed by atoms with E-state index < -0.39 is 0 Å². The van der Waals surface area contributed by atoms with E-state index in [9.17, 15) is 9.18 Å². The van der Waals surface area contributed by atoms with Crippen LogP contribution in [0, 0.1) is 11.7 Å². The van der Waals surface area contributed by atoms with E-state index in [1.807, 2.05) is 12.1 Å². The minimum Gasteiger partial charge on any atom is -0.493 e. The summed E-state index contributed by atoms with van der Waals surface area (Å²) in [5.74, 6) is 1.57. The minimum atomic E-state index is -0.195. The minimum absolute atomic E-state index is 0.0174. The topological polar surface area (TPSA) is 41.6 Å². The van der Waals surface area contributed by atoms with E-state index in [0.29, 0.717) is 36.4 Å². The number of rotatable bonds is 7. The van der Waals surface area contributed by atoms with Crippen LogP contribution in [0.15, 0.2) is 42.5 Å². The van der Waals surface area contributed by atoms with Crippen LogP contribution in [0.25, 0.3) is 0 Å². The average Bonchev–Trinajstić information content (AvgIpc) is 3.56. The molecule has 29 heavy (non-hydrogen) atoms. The lowest BCUT2D eigenvalue weighted by Gasteiger charge is -2.34. The summed E-state index contributed by atoms with van der Waals surface area (Å²) < 4.78 is 20.3. The summed E-state index contributed by atoms with van der Waals surface area (Å²) in [5, 5.41) is 2.82. The largest absolute Gasteiger partial charge is 0.493 e. The summed E-state index contributed by atoms with van der Waals surface area (Å²) in [6.07, 6.45) is 4.47. The van der Waals surface area contributed by atoms with Crippen molar-refractivity contribution in [3.63, 3.8) is 0 Å². The number of piperidine rings is 1. The van der Waals surface area contributed by atoms with Crippen LogP contribution in [0.3, 0.4) is 0 Å². The van der Waals surface area contributed by atoms with Gasteiger partial charge < -0.3 is 15.0 Å². The number of hydrogen-bond donors (Lipinski definition) is 1. The standard InChI is InChI=1S/C24H29FN2O2/c1-17(28)26-15-18-4-6-20(7-5-18)21-10-12-27(13-11-21)24-9-8-22(14-23(24)25)29-16-19-2-3-19/h4-9,14,19,21H,2-3,10-13,15-16H2,1H3,(H,26,28). The quantitative estimate of drug-likeness (QED) is 0.742. The zero-order chi connectivity index (χ0) is 20.2. The Balaban J connectivity index is 1.31. The number of benzene rings is 2. The highest BCUT2D eigenvalue weighted by atomic mass is 19.1. The molecule has 1 aliphatic carbocycles. The van der Waals surface area contributed by atoms with Crippen LogP contribution >= 0.6 is 0 Å². The van der Waals surface area contributed by atoms with Gasteiger partial charge in [0.15, 0.2) is 0 Å². The van der Waals surface area contributed by atoms with Crippen molar-refractivity contribution >= 4 is 11.6 Å². The first-order chi connectivity index (χ1) is 14.1. The fraction of sp³-hybridized carbons (Fsp3) is 0.458. The average molecular weight is 397 g/mol. The first-order valence-electron chi connectivity index (χ1n) is 10.6. The molecule has 1 amide bonds. The van der Waals surface area contributed by atoms with Gasteiger partial charge in [0.05, 0.1) is 12.3 Å². The fourth-order valence-corrected chi connectivity index (χ4v) is 3.92. The first-order valence-corrected chi connectivity index (χ1v) is 10.6. The molecule has 0 spiro atoms. The molecule has 154 valence electrons. The summed E-state index contributed by atoms with van der Waals surface area (Å²) in [6, 6.07) is 13.7. The molecule has 0 unspecified atom stereocenters. The monoisotopic (exact) mass is 396 g/mol. The van der Waals surface area contributed by atoms with E-state index in [-0.39, 0.29) is 11.7 Å². The molecule has 0 bridgehead atoms. The molecule has 5 heteroatoms. The number of amides is 1. The zero-order valence-corrected chi connectivity index (χ0v) is 17.0. The number of anilines is 1. The van der Waals surface area contributed by atoms with Crippen molar-refractivity contribution < 1.29 is 13.9 Å². The Morgan fingerprint density at radius 1 is 1.10 bits per heavy atom. The Kier molecular flexibility index (Phi) is 6.02. The molecular formula is C24H29FN2O2. The molecule has 4 rings (SSSR count). The molecule has 1 saturated heterocycles. The summed E-state index contributed by atoms with van der Waals surface area (Å²) in [6.45, 7) is 4.48. The Hall–Kier alpha value is -2.56. The van der Waals surface area contributed by atoms with Gasteiger partial charge in [-0.1, -0.05) is 24.3 Å². The van der Waals surface area contributed by atoms with Gasteiger partial charge in [-0.3, -0.25) is 4.79 Å². The first kappa shape index (κ1) is 19.7. The zero-order valence-electron chi connectivity index (χ0n) is 17.0. The van der Waals surface area contributed by atoms with Crippen molar-refractivity contribution in [2.75, 3.05) is 24.6 Å². The summed E-state index contributed by atoms with van der Waals surface area (Å²) >= 11 is 0. The molecule has 1 N–H and O–H groups in total. The second-order valence-electron chi connectivity index (χ2n) is 8.28. The summed E-state index contributed by atoms with van der Waals surface area (Å²) in [7, 11) is 0. The number of carbonyl (C=O) groups is 1. The second kappa shape index (κ2) is 8.85. The van der Waals surface area contributed by atoms with Gasteiger partial charge in [-0.25, -0.2) is 4.39 Å². The molecule has 0 atom stereocenters. The number of halogens is 1. The molecule has 1 aliphatic heterocycles. The van der Waals surface area contributed by atoms with Gasteiger partial charge in [0, 0.05) is 32.6 Å². The fourth-order valence-electron chi connectivity index (χ4n) is 3.92. The number of ether oxygens (including phenoxy) is 1. The highest BCUT2D eigenvalue weighted by Gasteiger charge is 2.24. The second-order valence-corrected chi connectivity index (χ2v) is 8.28. The van der Waals surface area contributed by atoms with Gasteiger partial charge in [-0.15, -0.1) is 0 Å². The van der Waals surface area contributed by atoms with Crippen LogP contribution in [0.4, 0.5) is 10.1 Å². The van der Waals surface area contributed by atoms with E-state index in [1.165, 1.54) is 31.4 Å². The van der Waals surface area contributed by atoms with E-state index >= 15 is 0 Å². The van der Waals surface area contributed by atoms with E-state index in [2.05, 4.69) is 34.5 Å². The Morgan fingerprint density at radius 2 is 1.83 bits per heavy atom. The number of nitrogens with one attached hydrogen (secondary N) is 1. The molecule has 1 heterocycles. The van der Waals surface area contributed by atoms with Crippen molar-refractivity contribution in [1.82, 2.24) is 5.32 Å². The number of hydrogen-bond acceptors (Lipinski definition) is 3. The summed E-state index contributed by atoms with van der Waals surface area (Å²) in [5.41, 5.74) is 3.10. The predicted molar refractivity (Wildman–Crippen MR) is 113 cm³/mol. The van der Waals surface area contributed by atoms with Gasteiger partial charge in [0.25, 0.3) is 0 Å². The summed E-state index contributed by atoms with van der Waals surface area (Å²) in [4.78, 5) is 13.2. The maximum atomic E-state index is 14.6. The maximum absolute atomic E-state index is 14.6. The lowest BCUT2D eigenvalue weighted by Crippen LogP contribution is -2.33. The van der Waals surface area contributed by atoms with Gasteiger partial charge in [0.1, 0.15) is 11.6 Å². The lowest BCUT2D eigenvalue weighted by molar-refractivity contribution is -0.119. The molecule has 1 saturated carbocycles. The maximum Gasteiger partial charge on any atom is 0.217 e. The Morgan fingerprint density at radius 3 is 2.45 bits per heavy atom. The van der Waals surface area contributed by atoms with E-state index in [1.54, 1.807) is 0 Å². The Bertz CT molecular complexity index is 840. The van der Waals surface area contributed by atoms with Crippen LogP contribution in [-0.4, -0.2) is 25.6 Å². The van der Waals surface area contributed by atoms with Gasteiger partial charge >= 0.3 is 0 Å². The van der Waals surface area contributed by atoms with Crippen LogP contribution in [0.5, 0.6) is 5.75 Å². The number of carbonyl (C=O) groups excluding carboxylic acids is 1. The van der Waals surface area contributed by atoms with Crippen molar-refractivity contribution in [2.45, 2.75) is 45.1 Å². The predicted octanol–water partition coefficient (Wildman–Crippen LogP) is 4.63. The highest BCUT2D eigenvalue weighted by molar-refractivity contribution is 5.72. The molecule has 0 radical (unpaired) electrons. The van der Waals surface area contributed by atoms with Crippen LogP contribution < -0.4 is 15.0 Å². The third-order valence-corrected chi connectivity index (χ3v) is 5.93. The van der Waals surface area contributed by atoms with Crippen molar-refractivity contribution in [1.29, 1.82) is 0 Å². The molecule has 2 fully saturated rings. The van der Waals surface area contributed by atoms with Crippen LogP contribution in [0.2, 0.25) is 0 Å². The highest BCUT2D eigenvalue weighted by Crippen LogP contribution is 2.34. The van der Waals surface area contributed by atoms with Crippen LogP contribution in [-0.2, 0) is 11.3 Å². The van der Waals surface area contributed by atoms with E-state index in [4.69, 9.17) is 4.74 Å². The van der Waals surface area contributed by atoms with Gasteiger partial charge in [-0.2, -0.15) is 0 Å². The van der Waals surface area contributed by atoms with Crippen molar-refractivity contribution in [3.05, 3.63) is 59.4 Å². The van der Waals surface area contributed by atoms with Crippen molar-refractivity contribution in [3.8, 4) is 5.75 Å². The SMILES string of the molecule is CC(=O)NCc1ccc(C2CCN(c3ccc(OCC4CC4)cc3F)CC2)cc1. The molecule has 4 nitrogen and oxygen atoms in total. The lowest BCUT2D eigenvalue weighted by atomic mass is 9.89. The molecule has 2 aromatic rings. The van der Waals surface area contributed by atoms with Gasteiger partial charge in [0.2, 0.25) is 5.91 Å². The third kappa shape index (κ3) is 5.28. The van der Waals surface area contributed by atoms with Gasteiger partial charge in [-0.05, 0) is 60.8 Å².